The van der Waals surface area contributed by atoms with E-state index >= 15 is 0 Å². The van der Waals surface area contributed by atoms with Gasteiger partial charge in [0.1, 0.15) is 69.5 Å². The van der Waals surface area contributed by atoms with Crippen LogP contribution in [0.1, 0.15) is 121 Å². The predicted molar refractivity (Wildman–Crippen MR) is 448 cm³/mol. The number of aromatic carboxylic acids is 1. The number of carbonyl (C=O) groups is 7. The Morgan fingerprint density at radius 2 is 0.698 bits per heavy atom. The van der Waals surface area contributed by atoms with Crippen LogP contribution in [0.25, 0.3) is 0 Å². The number of rotatable bonds is 14. The first-order valence-corrected chi connectivity index (χ1v) is 40.6. The van der Waals surface area contributed by atoms with Crippen LogP contribution < -0.4 is 119 Å². The van der Waals surface area contributed by atoms with Crippen molar-refractivity contribution in [2.45, 2.75) is 177 Å². The van der Waals surface area contributed by atoms with Crippen LogP contribution in [0, 0.1) is 20.2 Å². The maximum atomic E-state index is 14.7. The molecule has 0 aromatic heterocycles. The topological polar surface area (TPSA) is 503 Å². The molecule has 12 rings (SSSR count). The van der Waals surface area contributed by atoms with Gasteiger partial charge in [0.25, 0.3) is 17.8 Å². The van der Waals surface area contributed by atoms with E-state index < -0.39 is 120 Å². The Hall–Kier alpha value is -7.98. The number of nitrogens with one attached hydrogen (secondary N) is 2. The fourth-order valence-electron chi connectivity index (χ4n) is 12.1. The number of benzene rings is 6. The Kier molecular flexibility index (Phi) is 68.1. The number of hydrogen-bond donors (Lipinski definition) is 11. The number of ether oxygens (including phenoxy) is 5. The number of carboxylic acid groups (broad SMARTS) is 1. The van der Waals surface area contributed by atoms with Crippen molar-refractivity contribution in [1.82, 2.24) is 30.2 Å². The molecule has 4 amide bonds. The molecule has 12 atom stereocenters. The summed E-state index contributed by atoms with van der Waals surface area (Å²) in [6, 6.07) is 46.8. The average molecular weight is 1890 g/mol. The number of amides is 4. The van der Waals surface area contributed by atoms with Crippen LogP contribution >= 0.6 is 0 Å². The number of aliphatic hydroxyl groups excluding tert-OH is 8. The number of likely N-dealkylation sites (tertiary alicyclic amines) is 4. The summed E-state index contributed by atoms with van der Waals surface area (Å²) >= 11 is 0. The second-order valence-corrected chi connectivity index (χ2v) is 28.2. The molecule has 6 aromatic rings. The maximum Gasteiger partial charge on any atom is 1.00 e. The van der Waals surface area contributed by atoms with E-state index in [-0.39, 0.29) is 199 Å². The number of carbonyl (C=O) groups excluding carboxylic acids is 6. The molecule has 6 aliphatic rings. The number of aliphatic hydroxyl groups is 8. The smallest absolute Gasteiger partial charge is 1.00 e. The van der Waals surface area contributed by atoms with Gasteiger partial charge in [-0.05, 0) is 137 Å². The van der Waals surface area contributed by atoms with Gasteiger partial charge in [-0.15, -0.1) is 0 Å². The van der Waals surface area contributed by atoms with Crippen LogP contribution in [0.2, 0.25) is 0 Å². The number of β-amino-alcohol motifs (C(OH)–C–C–N with tert-alkyl or cyclic N) is 2. The van der Waals surface area contributed by atoms with Gasteiger partial charge in [0.15, 0.2) is 6.17 Å². The van der Waals surface area contributed by atoms with Crippen LogP contribution in [-0.4, -0.2) is 292 Å². The molecule has 0 radical (unpaired) electrons. The minimum atomic E-state index is -1.57. The number of alkyl halides is 6. The van der Waals surface area contributed by atoms with Crippen molar-refractivity contribution < 1.29 is 254 Å². The van der Waals surface area contributed by atoms with Gasteiger partial charge in [-0.25, -0.2) is 55.1 Å². The average Bonchev–Trinajstić information content (AvgIpc) is 1.65. The fourth-order valence-corrected chi connectivity index (χ4v) is 12.1. The molecule has 0 bridgehead atoms. The van der Waals surface area contributed by atoms with Gasteiger partial charge in [0, 0.05) is 84.9 Å². The third kappa shape index (κ3) is 51.0. The SMILES string of the molecule is CO.CO.CO.O=C(O)c1ccc([N+](=O)[O-])cc1.O=C(OCc1ccccc1)N1CCC[C@@H](F)[C@@H](O)C1.O=C(OCc1ccccc1)N1CCC[C@@H](O)[C@@H](F)C1.O=C(OCc1ccccc1)N1CCC[C@@H](O)[C@H](F)C1.O=C(O[C@@H]1CCCN(C(=O)OCc2ccccc2)C[C@@H]1F)c1ccc([N+](=O)[O-])cc1.O=CO[O-].O[C@@H]1CCCNC[C@@H]1F.O[C@H]1CNCCC[C@H]1F.[H-].[K+].[K+]. The van der Waals surface area contributed by atoms with Crippen LogP contribution in [0.4, 0.5) is 56.9 Å². The van der Waals surface area contributed by atoms with E-state index in [2.05, 4.69) is 15.5 Å². The third-order valence-corrected chi connectivity index (χ3v) is 18.9. The molecule has 11 N–H and O–H groups in total. The summed E-state index contributed by atoms with van der Waals surface area (Å²) in [5.74, 6) is -1.86. The Morgan fingerprint density at radius 3 is 1.05 bits per heavy atom. The normalized spacial score (nSPS) is 21.4. The number of carboxylic acids is 1. The van der Waals surface area contributed by atoms with Crippen LogP contribution in [-0.2, 0) is 59.8 Å². The molecule has 0 aliphatic carbocycles. The van der Waals surface area contributed by atoms with E-state index in [0.29, 0.717) is 90.6 Å². The molecule has 129 heavy (non-hydrogen) atoms. The molecule has 6 saturated heterocycles. The van der Waals surface area contributed by atoms with E-state index in [1.54, 1.807) is 0 Å². The van der Waals surface area contributed by atoms with Crippen molar-refractivity contribution in [2.75, 3.05) is 99.9 Å². The quantitative estimate of drug-likeness (QED) is 0.0109. The summed E-state index contributed by atoms with van der Waals surface area (Å²) in [6.45, 7) is 3.92. The van der Waals surface area contributed by atoms with E-state index in [1.165, 1.54) is 56.0 Å². The van der Waals surface area contributed by atoms with Gasteiger partial charge in [0.05, 0.1) is 71.6 Å². The van der Waals surface area contributed by atoms with E-state index in [1.807, 2.05) is 121 Å². The largest absolute Gasteiger partial charge is 1.00 e. The second-order valence-electron chi connectivity index (χ2n) is 28.2. The zero-order chi connectivity index (χ0) is 94.4. The first-order valence-electron chi connectivity index (χ1n) is 40.6. The zero-order valence-corrected chi connectivity index (χ0v) is 79.0. The first kappa shape index (κ1) is 121. The van der Waals surface area contributed by atoms with Gasteiger partial charge in [-0.3, -0.25) is 25.0 Å². The van der Waals surface area contributed by atoms with Crippen LogP contribution in [0.5, 0.6) is 0 Å². The van der Waals surface area contributed by atoms with Gasteiger partial charge in [0.2, 0.25) is 0 Å². The molecule has 43 heteroatoms. The molecule has 0 spiro atoms. The standard InChI is InChI=1S/C21H21FN2O6.3C14H18FNO3.C7H5NO4.2C6H12FNO.CH2O3.3CH4O.2K.H/c22-18-13-23(21(26)29-14-15-5-2-1-3-6-15)12-4-7-19(18)30-20(25)16-8-10-17(11-9-16)24(27)28;2*15-12-9-16(8-4-7-13(12)17)14(18)19-10-11-5-2-1-3-6-11;15-12-7-4-8-16(9-13(12)17)14(18)19-10-11-5-2-1-3-6-11;9-7(10)5-1-3-6(4-2-5)8(11)12;7-5-4-8-3-1-2-6(5)9;7-5-2-1-3-8-4-6(5)9;2-1-4-3;3*1-2;;;/h1-3,5-6,8-11,18-19H,4,7,12-14H2;3*1-3,5-6,12-13,17H,4,7-10H2;1-4H,(H,9,10);2*5-6,8-9H,1-4H2;1,3H;3*2H,1H3;;;/q;;;;;;;;;;;2*+1;-1/p-1/t18-,19+;12-,13+;12-,13-;12-,13+;;2*5-,6+;;;;;;;/m0011.01......./s1. The summed E-state index contributed by atoms with van der Waals surface area (Å²) in [7, 11) is 3.00. The van der Waals surface area contributed by atoms with Gasteiger partial charge in [-0.1, -0.05) is 121 Å². The van der Waals surface area contributed by atoms with E-state index in [9.17, 15) is 90.7 Å². The Morgan fingerprint density at radius 1 is 0.403 bits per heavy atom. The summed E-state index contributed by atoms with van der Waals surface area (Å²) in [6.07, 6.45) is -9.25. The van der Waals surface area contributed by atoms with Gasteiger partial charge in [-0.2, -0.15) is 0 Å². The van der Waals surface area contributed by atoms with Crippen LogP contribution in [0.15, 0.2) is 170 Å². The van der Waals surface area contributed by atoms with Crippen LogP contribution in [0.3, 0.4) is 0 Å². The summed E-state index contributed by atoms with van der Waals surface area (Å²) in [5, 5.41) is 111. The third-order valence-electron chi connectivity index (χ3n) is 18.9. The van der Waals surface area contributed by atoms with Crippen molar-refractivity contribution in [1.29, 1.82) is 0 Å². The summed E-state index contributed by atoms with van der Waals surface area (Å²) in [5.41, 5.74) is 3.37. The fraction of sp³-hybridized carbons (Fsp3) is 0.500. The van der Waals surface area contributed by atoms with Crippen molar-refractivity contribution in [3.05, 3.63) is 223 Å². The molecule has 35 nitrogen and oxygen atoms in total. The van der Waals surface area contributed by atoms with Gasteiger partial charge >= 0.3 is 139 Å². The number of halogens is 6. The molecule has 6 fully saturated rings. The number of nitro groups is 2. The zero-order valence-electron chi connectivity index (χ0n) is 73.8. The minimum Gasteiger partial charge on any atom is -1.00 e. The molecule has 708 valence electrons. The number of nitrogens with zero attached hydrogens (tertiary/aromatic N) is 6. The maximum absolute atomic E-state index is 14.7. The van der Waals surface area contributed by atoms with Crippen molar-refractivity contribution in [3.63, 3.8) is 0 Å². The second kappa shape index (κ2) is 72.6. The molecule has 0 unspecified atom stereocenters. The number of non-ortho nitro benzene ring substituents is 2. The predicted octanol–water partition coefficient (Wildman–Crippen LogP) is 3.06. The van der Waals surface area contributed by atoms with Gasteiger partial charge < -0.3 is 111 Å². The van der Waals surface area contributed by atoms with Crippen molar-refractivity contribution in [2.24, 2.45) is 0 Å². The molecule has 6 heterocycles. The molecule has 6 aromatic carbocycles. The Bertz CT molecular complexity index is 3760. The first-order chi connectivity index (χ1) is 61.1. The molecule has 0 saturated carbocycles. The summed E-state index contributed by atoms with van der Waals surface area (Å²) in [4.78, 5) is 107. The molecule has 6 aliphatic heterocycles. The number of esters is 1. The Labute approximate surface area is 830 Å². The number of hydrogen-bond acceptors (Lipinski definition) is 28. The Balaban J connectivity index is 0. The number of nitro benzene ring substituents is 2. The van der Waals surface area contributed by atoms with Crippen molar-refractivity contribution >= 4 is 54.2 Å². The van der Waals surface area contributed by atoms with E-state index in [4.69, 9.17) is 64.4 Å². The monoisotopic (exact) mass is 1890 g/mol. The molecular formula is C86H118F6K2N8O27. The minimum absolute atomic E-state index is 0. The summed E-state index contributed by atoms with van der Waals surface area (Å²) < 4.78 is 106. The molecular weight excluding hydrogens is 1770 g/mol. The van der Waals surface area contributed by atoms with E-state index in [0.717, 1.165) is 81.6 Å². The van der Waals surface area contributed by atoms with Crippen molar-refractivity contribution in [3.8, 4) is 0 Å².